The lowest BCUT2D eigenvalue weighted by Crippen LogP contribution is -2.12. The summed E-state index contributed by atoms with van der Waals surface area (Å²) in [5.74, 6) is 0.259. The van der Waals surface area contributed by atoms with Crippen molar-refractivity contribution in [3.63, 3.8) is 0 Å². The van der Waals surface area contributed by atoms with E-state index in [2.05, 4.69) is 25.8 Å². The number of phenols is 1. The maximum Gasteiger partial charge on any atom is 0.321 e. The Morgan fingerprint density at radius 1 is 1.25 bits per heavy atom. The Kier molecular flexibility index (Phi) is 4.17. The second-order valence-electron chi connectivity index (χ2n) is 5.14. The highest BCUT2D eigenvalue weighted by Gasteiger charge is 2.15. The molecule has 0 atom stereocenters. The highest BCUT2D eigenvalue weighted by atomic mass is 32.1. The maximum absolute atomic E-state index is 12.4. The molecule has 0 saturated carbocycles. The van der Waals surface area contributed by atoms with Crippen LogP contribution in [0.4, 0.5) is 16.8 Å². The molecule has 24 heavy (non-hydrogen) atoms. The lowest BCUT2D eigenvalue weighted by atomic mass is 10.1. The Morgan fingerprint density at radius 3 is 2.75 bits per heavy atom. The van der Waals surface area contributed by atoms with Crippen LogP contribution >= 0.6 is 11.3 Å². The number of carbonyl (C=O) groups is 1. The minimum Gasteiger partial charge on any atom is -0.508 e. The molecular weight excluding hydrogens is 330 g/mol. The molecule has 3 N–H and O–H groups in total. The molecule has 0 unspecified atom stereocenters. The van der Waals surface area contributed by atoms with Crippen molar-refractivity contribution in [3.05, 3.63) is 40.2 Å². The molecule has 3 rings (SSSR count). The molecule has 0 bridgehead atoms. The van der Waals surface area contributed by atoms with Crippen LogP contribution in [0.5, 0.6) is 5.75 Å². The highest BCUT2D eigenvalue weighted by Crippen LogP contribution is 2.29. The number of carbonyl (C=O) groups excluding carboxylic acids is 1. The second kappa shape index (κ2) is 6.28. The number of benzene rings is 1. The molecule has 8 nitrogen and oxygen atoms in total. The van der Waals surface area contributed by atoms with Gasteiger partial charge in [0.25, 0.3) is 5.91 Å². The molecule has 1 aromatic carbocycles. The predicted octanol–water partition coefficient (Wildman–Crippen LogP) is 3.15. The molecule has 0 spiro atoms. The van der Waals surface area contributed by atoms with Crippen molar-refractivity contribution in [2.75, 3.05) is 10.6 Å². The largest absolute Gasteiger partial charge is 0.508 e. The summed E-state index contributed by atoms with van der Waals surface area (Å²) in [7, 11) is 0. The lowest BCUT2D eigenvalue weighted by molar-refractivity contribution is 0.103. The zero-order chi connectivity index (χ0) is 17.3. The van der Waals surface area contributed by atoms with Gasteiger partial charge >= 0.3 is 6.01 Å². The van der Waals surface area contributed by atoms with Gasteiger partial charge in [0.15, 0.2) is 5.13 Å². The SMILES string of the molecule is Cc1nnc(Nc2ncc(C(=O)Nc3c(C)ccc(O)c3C)s2)o1. The molecule has 0 aliphatic carbocycles. The Morgan fingerprint density at radius 2 is 2.04 bits per heavy atom. The first-order valence-electron chi connectivity index (χ1n) is 7.07. The number of anilines is 3. The fraction of sp³-hybridized carbons (Fsp3) is 0.200. The van der Waals surface area contributed by atoms with Crippen LogP contribution in [0.1, 0.15) is 26.7 Å². The fourth-order valence-corrected chi connectivity index (χ4v) is 2.78. The minimum absolute atomic E-state index is 0.134. The van der Waals surface area contributed by atoms with Crippen LogP contribution in [0.2, 0.25) is 0 Å². The Balaban J connectivity index is 1.76. The van der Waals surface area contributed by atoms with E-state index in [0.717, 1.165) is 16.9 Å². The van der Waals surface area contributed by atoms with Gasteiger partial charge in [-0.05, 0) is 25.5 Å². The number of aromatic nitrogens is 3. The number of rotatable bonds is 4. The topological polar surface area (TPSA) is 113 Å². The number of nitrogens with zero attached hydrogens (tertiary/aromatic N) is 3. The van der Waals surface area contributed by atoms with Crippen LogP contribution in [-0.2, 0) is 0 Å². The third kappa shape index (κ3) is 3.20. The van der Waals surface area contributed by atoms with Gasteiger partial charge in [-0.1, -0.05) is 22.5 Å². The van der Waals surface area contributed by atoms with E-state index in [0.29, 0.717) is 27.2 Å². The van der Waals surface area contributed by atoms with Crippen molar-refractivity contribution in [2.24, 2.45) is 0 Å². The molecule has 0 radical (unpaired) electrons. The average Bonchev–Trinajstić information content (AvgIpc) is 3.17. The van der Waals surface area contributed by atoms with Gasteiger partial charge in [-0.2, -0.15) is 0 Å². The summed E-state index contributed by atoms with van der Waals surface area (Å²) in [6, 6.07) is 3.56. The third-order valence-electron chi connectivity index (χ3n) is 3.35. The van der Waals surface area contributed by atoms with Crippen LogP contribution in [-0.4, -0.2) is 26.2 Å². The van der Waals surface area contributed by atoms with Crippen molar-refractivity contribution in [2.45, 2.75) is 20.8 Å². The van der Waals surface area contributed by atoms with Crippen molar-refractivity contribution >= 4 is 34.1 Å². The smallest absolute Gasteiger partial charge is 0.321 e. The summed E-state index contributed by atoms with van der Waals surface area (Å²) in [4.78, 5) is 16.9. The molecule has 0 aliphatic rings. The van der Waals surface area contributed by atoms with E-state index in [-0.39, 0.29) is 17.7 Å². The summed E-state index contributed by atoms with van der Waals surface area (Å²) >= 11 is 1.16. The fourth-order valence-electron chi connectivity index (χ4n) is 2.08. The van der Waals surface area contributed by atoms with Gasteiger partial charge in [0, 0.05) is 12.5 Å². The number of hydrogen-bond acceptors (Lipinski definition) is 8. The van der Waals surface area contributed by atoms with Crippen LogP contribution in [0.3, 0.4) is 0 Å². The molecule has 2 aromatic heterocycles. The van der Waals surface area contributed by atoms with E-state index in [1.54, 1.807) is 26.0 Å². The molecule has 2 heterocycles. The molecule has 9 heteroatoms. The molecular formula is C15H15N5O3S. The van der Waals surface area contributed by atoms with Crippen molar-refractivity contribution in [1.29, 1.82) is 0 Å². The van der Waals surface area contributed by atoms with E-state index >= 15 is 0 Å². The Bertz CT molecular complexity index is 902. The van der Waals surface area contributed by atoms with E-state index in [1.807, 2.05) is 6.92 Å². The van der Waals surface area contributed by atoms with Crippen molar-refractivity contribution < 1.29 is 14.3 Å². The molecule has 0 saturated heterocycles. The quantitative estimate of drug-likeness (QED) is 0.665. The highest BCUT2D eigenvalue weighted by molar-refractivity contribution is 7.17. The maximum atomic E-state index is 12.4. The van der Waals surface area contributed by atoms with Gasteiger partial charge in [-0.25, -0.2) is 4.98 Å². The van der Waals surface area contributed by atoms with E-state index in [4.69, 9.17) is 4.42 Å². The van der Waals surface area contributed by atoms with E-state index < -0.39 is 0 Å². The van der Waals surface area contributed by atoms with E-state index in [1.165, 1.54) is 6.20 Å². The minimum atomic E-state index is -0.306. The van der Waals surface area contributed by atoms with Crippen LogP contribution < -0.4 is 10.6 Å². The summed E-state index contributed by atoms with van der Waals surface area (Å²) in [6.45, 7) is 5.29. The van der Waals surface area contributed by atoms with Crippen LogP contribution in [0.25, 0.3) is 0 Å². The summed E-state index contributed by atoms with van der Waals surface area (Å²) in [6.07, 6.45) is 1.46. The zero-order valence-corrected chi connectivity index (χ0v) is 14.1. The van der Waals surface area contributed by atoms with Crippen LogP contribution in [0.15, 0.2) is 22.7 Å². The Labute approximate surface area is 141 Å². The number of nitrogens with one attached hydrogen (secondary N) is 2. The number of amides is 1. The summed E-state index contributed by atoms with van der Waals surface area (Å²) in [5.41, 5.74) is 2.07. The predicted molar refractivity (Wildman–Crippen MR) is 90.0 cm³/mol. The van der Waals surface area contributed by atoms with Gasteiger partial charge < -0.3 is 14.8 Å². The lowest BCUT2D eigenvalue weighted by Gasteiger charge is -2.11. The summed E-state index contributed by atoms with van der Waals surface area (Å²) < 4.78 is 5.20. The first-order chi connectivity index (χ1) is 11.4. The normalized spacial score (nSPS) is 10.6. The standard InChI is InChI=1S/C15H15N5O3S/c1-7-4-5-10(21)8(2)12(7)17-13(22)11-6-16-15(24-11)18-14-20-19-9(3)23-14/h4-6,21H,1-3H3,(H,17,22)(H,16,18,20). The molecule has 0 aliphatic heterocycles. The molecule has 1 amide bonds. The molecule has 3 aromatic rings. The van der Waals surface area contributed by atoms with Gasteiger partial charge in [0.1, 0.15) is 10.6 Å². The van der Waals surface area contributed by atoms with Gasteiger partial charge in [-0.15, -0.1) is 5.10 Å². The number of hydrogen-bond donors (Lipinski definition) is 3. The summed E-state index contributed by atoms with van der Waals surface area (Å²) in [5, 5.41) is 23.4. The number of aromatic hydroxyl groups is 1. The van der Waals surface area contributed by atoms with Gasteiger partial charge in [0.2, 0.25) is 5.89 Å². The first kappa shape index (κ1) is 15.9. The second-order valence-corrected chi connectivity index (χ2v) is 6.17. The van der Waals surface area contributed by atoms with Gasteiger partial charge in [-0.3, -0.25) is 10.1 Å². The Hall–Kier alpha value is -2.94. The van der Waals surface area contributed by atoms with Crippen molar-refractivity contribution in [1.82, 2.24) is 15.2 Å². The number of phenolic OH excluding ortho intramolecular Hbond substituents is 1. The molecule has 0 fully saturated rings. The van der Waals surface area contributed by atoms with Crippen LogP contribution in [0, 0.1) is 20.8 Å². The van der Waals surface area contributed by atoms with E-state index in [9.17, 15) is 9.90 Å². The van der Waals surface area contributed by atoms with Gasteiger partial charge in [0.05, 0.1) is 11.9 Å². The number of thiazole rings is 1. The first-order valence-corrected chi connectivity index (χ1v) is 7.89. The third-order valence-corrected chi connectivity index (χ3v) is 4.26. The monoisotopic (exact) mass is 345 g/mol. The van der Waals surface area contributed by atoms with Crippen molar-refractivity contribution in [3.8, 4) is 5.75 Å². The molecule has 124 valence electrons. The average molecular weight is 345 g/mol. The number of aryl methyl sites for hydroxylation is 2. The zero-order valence-electron chi connectivity index (χ0n) is 13.2.